The maximum absolute atomic E-state index is 13.0. The topological polar surface area (TPSA) is 17.1 Å². The molecule has 0 aliphatic rings. The minimum atomic E-state index is -4.36. The summed E-state index contributed by atoms with van der Waals surface area (Å²) in [6.45, 7) is 0. The van der Waals surface area contributed by atoms with Crippen molar-refractivity contribution in [3.05, 3.63) is 30.1 Å². The van der Waals surface area contributed by atoms with Gasteiger partial charge in [-0.3, -0.25) is 4.21 Å². The molecular weight excluding hydrogens is 232 g/mol. The molecule has 1 unspecified atom stereocenters. The molecule has 1 aromatic rings. The van der Waals surface area contributed by atoms with E-state index in [1.807, 2.05) is 0 Å². The second kappa shape index (κ2) is 4.74. The number of benzene rings is 1. The van der Waals surface area contributed by atoms with Crippen molar-refractivity contribution >= 4 is 10.8 Å². The van der Waals surface area contributed by atoms with Crippen LogP contribution < -0.4 is 0 Å². The number of alkyl halides is 3. The van der Waals surface area contributed by atoms with E-state index >= 15 is 0 Å². The van der Waals surface area contributed by atoms with E-state index in [0.29, 0.717) is 0 Å². The molecule has 0 aliphatic carbocycles. The summed E-state index contributed by atoms with van der Waals surface area (Å²) < 4.78 is 59.7. The second-order valence-corrected chi connectivity index (χ2v) is 4.38. The van der Waals surface area contributed by atoms with E-state index in [0.717, 1.165) is 6.07 Å². The first kappa shape index (κ1) is 12.2. The molecule has 0 spiro atoms. The van der Waals surface area contributed by atoms with Gasteiger partial charge in [-0.2, -0.15) is 13.2 Å². The van der Waals surface area contributed by atoms with Gasteiger partial charge in [0, 0.05) is 5.75 Å². The van der Waals surface area contributed by atoms with Crippen molar-refractivity contribution in [1.29, 1.82) is 0 Å². The molecule has 6 heteroatoms. The van der Waals surface area contributed by atoms with Gasteiger partial charge in [-0.1, -0.05) is 12.1 Å². The van der Waals surface area contributed by atoms with Crippen LogP contribution in [0.25, 0.3) is 0 Å². The molecule has 15 heavy (non-hydrogen) atoms. The highest BCUT2D eigenvalue weighted by Gasteiger charge is 2.28. The van der Waals surface area contributed by atoms with E-state index in [-0.39, 0.29) is 4.90 Å². The third-order valence-corrected chi connectivity index (χ3v) is 3.05. The zero-order valence-electron chi connectivity index (χ0n) is 7.55. The van der Waals surface area contributed by atoms with E-state index in [2.05, 4.69) is 0 Å². The molecule has 0 saturated carbocycles. The van der Waals surface area contributed by atoms with Gasteiger partial charge in [0.25, 0.3) is 0 Å². The smallest absolute Gasteiger partial charge is 0.254 e. The van der Waals surface area contributed by atoms with Crippen LogP contribution in [0, 0.1) is 5.82 Å². The molecule has 0 bridgehead atoms. The van der Waals surface area contributed by atoms with Crippen molar-refractivity contribution in [2.24, 2.45) is 0 Å². The largest absolute Gasteiger partial charge is 0.390 e. The van der Waals surface area contributed by atoms with Crippen LogP contribution in [-0.4, -0.2) is 16.1 Å². The van der Waals surface area contributed by atoms with Crippen LogP contribution in [0.5, 0.6) is 0 Å². The van der Waals surface area contributed by atoms with E-state index in [4.69, 9.17) is 0 Å². The molecule has 1 rings (SSSR count). The SMILES string of the molecule is O=S(CCC(F)(F)F)c1ccccc1F. The van der Waals surface area contributed by atoms with Gasteiger partial charge in [0.1, 0.15) is 5.82 Å². The third-order valence-electron chi connectivity index (χ3n) is 1.65. The fraction of sp³-hybridized carbons (Fsp3) is 0.333. The Balaban J connectivity index is 2.66. The zero-order chi connectivity index (χ0) is 11.5. The minimum absolute atomic E-state index is 0.179. The Bertz CT molecular complexity index is 361. The molecule has 0 amide bonds. The standard InChI is InChI=1S/C9H8F4OS/c10-7-3-1-2-4-8(7)15(14)6-5-9(11,12)13/h1-4H,5-6H2. The minimum Gasteiger partial charge on any atom is -0.254 e. The maximum atomic E-state index is 13.0. The van der Waals surface area contributed by atoms with Gasteiger partial charge in [0.15, 0.2) is 0 Å². The Morgan fingerprint density at radius 2 is 1.80 bits per heavy atom. The monoisotopic (exact) mass is 240 g/mol. The third kappa shape index (κ3) is 3.99. The van der Waals surface area contributed by atoms with Crippen LogP contribution in [0.15, 0.2) is 29.2 Å². The molecule has 0 N–H and O–H groups in total. The van der Waals surface area contributed by atoms with Crippen LogP contribution in [0.3, 0.4) is 0 Å². The normalized spacial score (nSPS) is 13.9. The molecule has 1 aromatic carbocycles. The summed E-state index contributed by atoms with van der Waals surface area (Å²) in [6, 6.07) is 5.12. The van der Waals surface area contributed by atoms with Crippen molar-refractivity contribution in [3.8, 4) is 0 Å². The second-order valence-electron chi connectivity index (χ2n) is 2.85. The lowest BCUT2D eigenvalue weighted by molar-refractivity contribution is -0.129. The Labute approximate surface area is 86.6 Å². The molecule has 84 valence electrons. The van der Waals surface area contributed by atoms with Gasteiger partial charge < -0.3 is 0 Å². The first-order chi connectivity index (χ1) is 6.90. The number of hydrogen-bond donors (Lipinski definition) is 0. The van der Waals surface area contributed by atoms with Crippen molar-refractivity contribution in [1.82, 2.24) is 0 Å². The molecule has 0 saturated heterocycles. The summed E-state index contributed by atoms with van der Waals surface area (Å²) in [5.41, 5.74) is 0. The molecule has 1 nitrogen and oxygen atoms in total. The Morgan fingerprint density at radius 1 is 1.20 bits per heavy atom. The highest BCUT2D eigenvalue weighted by molar-refractivity contribution is 7.85. The Morgan fingerprint density at radius 3 is 2.33 bits per heavy atom. The van der Waals surface area contributed by atoms with Gasteiger partial charge >= 0.3 is 6.18 Å². The van der Waals surface area contributed by atoms with Crippen LogP contribution in [-0.2, 0) is 10.8 Å². The average Bonchev–Trinajstić information content (AvgIpc) is 2.14. The summed E-state index contributed by atoms with van der Waals surface area (Å²) in [6.07, 6.45) is -5.53. The van der Waals surface area contributed by atoms with Gasteiger partial charge in [-0.25, -0.2) is 4.39 Å². The lowest BCUT2D eigenvalue weighted by Gasteiger charge is -2.06. The molecule has 0 aliphatic heterocycles. The summed E-state index contributed by atoms with van der Waals surface area (Å²) in [5.74, 6) is -1.34. The molecular formula is C9H8F4OS. The number of halogens is 4. The van der Waals surface area contributed by atoms with Gasteiger partial charge in [0.2, 0.25) is 0 Å². The summed E-state index contributed by atoms with van der Waals surface area (Å²) in [5, 5.41) is 0. The van der Waals surface area contributed by atoms with Crippen molar-refractivity contribution in [2.45, 2.75) is 17.5 Å². The highest BCUT2D eigenvalue weighted by Crippen LogP contribution is 2.21. The summed E-state index contributed by atoms with van der Waals surface area (Å²) in [7, 11) is -1.94. The van der Waals surface area contributed by atoms with Gasteiger partial charge in [-0.15, -0.1) is 0 Å². The summed E-state index contributed by atoms with van der Waals surface area (Å²) in [4.78, 5) is -0.179. The predicted octanol–water partition coefficient (Wildman–Crippen LogP) is 2.89. The van der Waals surface area contributed by atoms with Gasteiger partial charge in [-0.05, 0) is 12.1 Å². The van der Waals surface area contributed by atoms with E-state index in [1.165, 1.54) is 18.2 Å². The van der Waals surface area contributed by atoms with Crippen molar-refractivity contribution < 1.29 is 21.8 Å². The van der Waals surface area contributed by atoms with E-state index in [1.54, 1.807) is 0 Å². The molecule has 1 atom stereocenters. The lowest BCUT2D eigenvalue weighted by atomic mass is 10.3. The molecule has 0 radical (unpaired) electrons. The number of hydrogen-bond acceptors (Lipinski definition) is 1. The zero-order valence-corrected chi connectivity index (χ0v) is 8.37. The van der Waals surface area contributed by atoms with Crippen LogP contribution in [0.2, 0.25) is 0 Å². The maximum Gasteiger partial charge on any atom is 0.390 e. The lowest BCUT2D eigenvalue weighted by Crippen LogP contribution is -2.13. The van der Waals surface area contributed by atoms with E-state index < -0.39 is 35.0 Å². The fourth-order valence-corrected chi connectivity index (χ4v) is 2.10. The Hall–Kier alpha value is -0.910. The van der Waals surface area contributed by atoms with Crippen LogP contribution in [0.1, 0.15) is 6.42 Å². The first-order valence-electron chi connectivity index (χ1n) is 4.10. The first-order valence-corrected chi connectivity index (χ1v) is 5.42. The van der Waals surface area contributed by atoms with Crippen LogP contribution in [0.4, 0.5) is 17.6 Å². The fourth-order valence-electron chi connectivity index (χ4n) is 0.948. The Kier molecular flexibility index (Phi) is 3.84. The molecule has 0 fully saturated rings. The highest BCUT2D eigenvalue weighted by atomic mass is 32.2. The quantitative estimate of drug-likeness (QED) is 0.742. The summed E-state index contributed by atoms with van der Waals surface area (Å²) >= 11 is 0. The molecule has 0 heterocycles. The van der Waals surface area contributed by atoms with E-state index in [9.17, 15) is 21.8 Å². The average molecular weight is 240 g/mol. The molecule has 0 aromatic heterocycles. The van der Waals surface area contributed by atoms with Crippen molar-refractivity contribution in [3.63, 3.8) is 0 Å². The van der Waals surface area contributed by atoms with Crippen LogP contribution >= 0.6 is 0 Å². The predicted molar refractivity (Wildman–Crippen MR) is 48.3 cm³/mol. The number of rotatable bonds is 3. The van der Waals surface area contributed by atoms with Crippen molar-refractivity contribution in [2.75, 3.05) is 5.75 Å². The van der Waals surface area contributed by atoms with Gasteiger partial charge in [0.05, 0.1) is 22.1 Å².